The lowest BCUT2D eigenvalue weighted by atomic mass is 9.94. The van der Waals surface area contributed by atoms with Crippen LogP contribution in [0.25, 0.3) is 97.7 Å². The van der Waals surface area contributed by atoms with Crippen molar-refractivity contribution in [1.82, 2.24) is 0 Å². The van der Waals surface area contributed by atoms with E-state index in [1.54, 1.807) is 0 Å². The summed E-state index contributed by atoms with van der Waals surface area (Å²) in [4.78, 5) is 2.35. The molecule has 0 aliphatic carbocycles. The zero-order valence-electron chi connectivity index (χ0n) is 34.3. The molecule has 0 aliphatic heterocycles. The van der Waals surface area contributed by atoms with E-state index in [1.165, 1.54) is 48.0 Å². The largest absolute Gasteiger partial charge is 0.453 e. The normalized spacial score (nSPS) is 11.5. The van der Waals surface area contributed by atoms with Crippen molar-refractivity contribution in [1.29, 1.82) is 0 Å². The molecule has 2 heterocycles. The summed E-state index contributed by atoms with van der Waals surface area (Å²) in [5.74, 6) is 0. The number of hydrogen-bond donors (Lipinski definition) is 0. The first-order valence-corrected chi connectivity index (χ1v) is 22.2. The lowest BCUT2D eigenvalue weighted by molar-refractivity contribution is 0.670. The van der Waals surface area contributed by atoms with E-state index in [-0.39, 0.29) is 0 Å². The first kappa shape index (κ1) is 36.8. The van der Waals surface area contributed by atoms with E-state index >= 15 is 0 Å². The van der Waals surface area contributed by atoms with Gasteiger partial charge < -0.3 is 9.32 Å². The van der Waals surface area contributed by atoms with Crippen LogP contribution in [0.1, 0.15) is 0 Å². The van der Waals surface area contributed by atoms with Gasteiger partial charge in [0.15, 0.2) is 5.58 Å². The number of para-hydroxylation sites is 1. The molecule has 0 aliphatic rings. The third-order valence-corrected chi connectivity index (χ3v) is 13.5. The van der Waals surface area contributed by atoms with Gasteiger partial charge in [-0.1, -0.05) is 194 Å². The molecular weight excluding hydrogens is 783 g/mol. The molecule has 0 radical (unpaired) electrons. The maximum absolute atomic E-state index is 7.24. The Balaban J connectivity index is 1.05. The number of thiophene rings is 1. The molecular formula is C60H39NOS. The molecule has 0 amide bonds. The van der Waals surface area contributed by atoms with Crippen molar-refractivity contribution in [3.63, 3.8) is 0 Å². The summed E-state index contributed by atoms with van der Waals surface area (Å²) in [6.07, 6.45) is 0. The highest BCUT2D eigenvalue weighted by Gasteiger charge is 2.23. The van der Waals surface area contributed by atoms with Gasteiger partial charge in [-0.25, -0.2) is 0 Å². The van der Waals surface area contributed by atoms with Gasteiger partial charge in [0.2, 0.25) is 0 Å². The second-order valence-corrected chi connectivity index (χ2v) is 17.0. The zero-order valence-corrected chi connectivity index (χ0v) is 35.1. The number of furan rings is 1. The van der Waals surface area contributed by atoms with Crippen LogP contribution < -0.4 is 4.90 Å². The Labute approximate surface area is 370 Å². The molecule has 0 N–H and O–H groups in total. The van der Waals surface area contributed by atoms with Crippen molar-refractivity contribution in [3.8, 4) is 55.6 Å². The summed E-state index contributed by atoms with van der Waals surface area (Å²) in [5.41, 5.74) is 16.5. The van der Waals surface area contributed by atoms with E-state index in [1.807, 2.05) is 11.3 Å². The molecule has 12 rings (SSSR count). The molecule has 63 heavy (non-hydrogen) atoms. The van der Waals surface area contributed by atoms with Crippen molar-refractivity contribution in [3.05, 3.63) is 237 Å². The van der Waals surface area contributed by atoms with Crippen LogP contribution in [0.15, 0.2) is 241 Å². The van der Waals surface area contributed by atoms with Crippen LogP contribution in [-0.2, 0) is 0 Å². The number of rotatable bonds is 8. The van der Waals surface area contributed by atoms with Gasteiger partial charge in [0.1, 0.15) is 5.58 Å². The highest BCUT2D eigenvalue weighted by Crippen LogP contribution is 2.48. The summed E-state index contributed by atoms with van der Waals surface area (Å²) < 4.78 is 9.86. The standard InChI is InChI=1S/C60H39NOS/c1-4-16-40(17-5-1)47-22-10-11-23-48(47)43-30-34-45(35-31-43)61(46-36-32-44(33-37-46)51-25-14-26-53-52-24-12-13-29-56(52)63-60(51)53)55-28-15-27-54-57-49(41-18-6-2-7-19-41)38-39-50(59(57)62-58(54)55)42-20-8-3-9-21-42/h1-39H. The fourth-order valence-corrected chi connectivity index (χ4v) is 10.6. The Hall–Kier alpha value is -7.98. The first-order chi connectivity index (χ1) is 31.3. The Morgan fingerprint density at radius 3 is 1.41 bits per heavy atom. The van der Waals surface area contributed by atoms with Gasteiger partial charge in [0, 0.05) is 47.9 Å². The van der Waals surface area contributed by atoms with Crippen LogP contribution in [0.4, 0.5) is 17.1 Å². The van der Waals surface area contributed by atoms with E-state index in [2.05, 4.69) is 241 Å². The van der Waals surface area contributed by atoms with Gasteiger partial charge >= 0.3 is 0 Å². The maximum atomic E-state index is 7.24. The van der Waals surface area contributed by atoms with Crippen LogP contribution in [0.3, 0.4) is 0 Å². The molecule has 0 saturated carbocycles. The van der Waals surface area contributed by atoms with Crippen LogP contribution >= 0.6 is 11.3 Å². The summed E-state index contributed by atoms with van der Waals surface area (Å²) in [7, 11) is 0. The van der Waals surface area contributed by atoms with Crippen molar-refractivity contribution >= 4 is 70.5 Å². The third-order valence-electron chi connectivity index (χ3n) is 12.3. The Kier molecular flexibility index (Phi) is 9.06. The van der Waals surface area contributed by atoms with E-state index in [9.17, 15) is 0 Å². The number of benzene rings is 10. The lowest BCUT2D eigenvalue weighted by Crippen LogP contribution is -2.10. The van der Waals surface area contributed by atoms with E-state index in [0.29, 0.717) is 0 Å². The molecule has 0 fully saturated rings. The van der Waals surface area contributed by atoms with E-state index in [4.69, 9.17) is 4.42 Å². The lowest BCUT2D eigenvalue weighted by Gasteiger charge is -2.26. The molecule has 0 unspecified atom stereocenters. The van der Waals surface area contributed by atoms with Crippen molar-refractivity contribution in [2.45, 2.75) is 0 Å². The highest BCUT2D eigenvalue weighted by molar-refractivity contribution is 7.26. The second-order valence-electron chi connectivity index (χ2n) is 16.0. The van der Waals surface area contributed by atoms with E-state index < -0.39 is 0 Å². The quantitative estimate of drug-likeness (QED) is 0.152. The summed E-state index contributed by atoms with van der Waals surface area (Å²) in [6, 6.07) is 85.0. The van der Waals surface area contributed by atoms with Crippen molar-refractivity contribution in [2.75, 3.05) is 4.90 Å². The van der Waals surface area contributed by atoms with Crippen LogP contribution in [-0.4, -0.2) is 0 Å². The Morgan fingerprint density at radius 2 is 0.762 bits per heavy atom. The number of anilines is 3. The van der Waals surface area contributed by atoms with Crippen LogP contribution in [0.2, 0.25) is 0 Å². The van der Waals surface area contributed by atoms with E-state index in [0.717, 1.165) is 66.8 Å². The predicted molar refractivity (Wildman–Crippen MR) is 268 cm³/mol. The first-order valence-electron chi connectivity index (χ1n) is 21.4. The minimum absolute atomic E-state index is 0.839. The molecule has 0 bridgehead atoms. The molecule has 0 atom stereocenters. The smallest absolute Gasteiger partial charge is 0.159 e. The molecule has 10 aromatic carbocycles. The summed E-state index contributed by atoms with van der Waals surface area (Å²) in [6.45, 7) is 0. The Bertz CT molecular complexity index is 3590. The second kappa shape index (κ2) is 15.5. The molecule has 2 aromatic heterocycles. The van der Waals surface area contributed by atoms with Crippen molar-refractivity contribution < 1.29 is 4.42 Å². The van der Waals surface area contributed by atoms with Gasteiger partial charge in [0.25, 0.3) is 0 Å². The minimum atomic E-state index is 0.839. The van der Waals surface area contributed by atoms with Crippen LogP contribution in [0, 0.1) is 0 Å². The zero-order chi connectivity index (χ0) is 41.7. The minimum Gasteiger partial charge on any atom is -0.453 e. The van der Waals surface area contributed by atoms with Gasteiger partial charge in [-0.15, -0.1) is 11.3 Å². The van der Waals surface area contributed by atoms with Crippen molar-refractivity contribution in [2.24, 2.45) is 0 Å². The average molecular weight is 822 g/mol. The van der Waals surface area contributed by atoms with Gasteiger partial charge in [-0.05, 0) is 92.5 Å². The third kappa shape index (κ3) is 6.41. The fourth-order valence-electron chi connectivity index (χ4n) is 9.35. The Morgan fingerprint density at radius 1 is 0.302 bits per heavy atom. The number of fused-ring (bicyclic) bond motifs is 6. The van der Waals surface area contributed by atoms with Gasteiger partial charge in [0.05, 0.1) is 5.69 Å². The maximum Gasteiger partial charge on any atom is 0.159 e. The summed E-state index contributed by atoms with van der Waals surface area (Å²) >= 11 is 1.87. The molecule has 2 nitrogen and oxygen atoms in total. The summed E-state index contributed by atoms with van der Waals surface area (Å²) in [5, 5.41) is 4.79. The predicted octanol–water partition coefficient (Wildman–Crippen LogP) is 17.8. The molecule has 0 saturated heterocycles. The molecule has 3 heteroatoms. The highest BCUT2D eigenvalue weighted by atomic mass is 32.1. The average Bonchev–Trinajstić information content (AvgIpc) is 3.95. The fraction of sp³-hybridized carbons (Fsp3) is 0. The monoisotopic (exact) mass is 821 g/mol. The van der Waals surface area contributed by atoms with Crippen LogP contribution in [0.5, 0.6) is 0 Å². The molecule has 0 spiro atoms. The van der Waals surface area contributed by atoms with Gasteiger partial charge in [-0.3, -0.25) is 0 Å². The number of nitrogens with zero attached hydrogens (tertiary/aromatic N) is 1. The SMILES string of the molecule is c1ccc(-c2ccccc2-c2ccc(N(c3ccc(-c4cccc5c4sc4ccccc45)cc3)c3cccc4c3oc3c(-c5ccccc5)ccc(-c5ccccc5)c34)cc2)cc1. The topological polar surface area (TPSA) is 16.4 Å². The molecule has 12 aromatic rings. The molecule has 296 valence electrons. The van der Waals surface area contributed by atoms with Gasteiger partial charge in [-0.2, -0.15) is 0 Å². The number of hydrogen-bond acceptors (Lipinski definition) is 3.